The molecule has 0 bridgehead atoms. The van der Waals surface area contributed by atoms with Gasteiger partial charge in [0.25, 0.3) is 11.7 Å². The van der Waals surface area contributed by atoms with E-state index >= 15 is 0 Å². The third-order valence-electron chi connectivity index (χ3n) is 5.99. The highest BCUT2D eigenvalue weighted by molar-refractivity contribution is 6.46. The molecule has 1 saturated heterocycles. The molecule has 3 rings (SSSR count). The molecule has 180 valence electrons. The van der Waals surface area contributed by atoms with E-state index in [0.717, 1.165) is 25.2 Å². The van der Waals surface area contributed by atoms with Crippen molar-refractivity contribution < 1.29 is 19.4 Å². The first-order valence-corrected chi connectivity index (χ1v) is 11.9. The lowest BCUT2D eigenvalue weighted by Crippen LogP contribution is -2.33. The van der Waals surface area contributed by atoms with Crippen LogP contribution in [0.2, 0.25) is 5.02 Å². The predicted octanol–water partition coefficient (Wildman–Crippen LogP) is 5.06. The molecule has 1 N–H and O–H groups in total. The molecule has 1 aliphatic heterocycles. The lowest BCUT2D eigenvalue weighted by molar-refractivity contribution is -0.140. The molecule has 1 amide bonds. The van der Waals surface area contributed by atoms with Crippen LogP contribution in [0.3, 0.4) is 0 Å². The first-order valence-electron chi connectivity index (χ1n) is 11.5. The van der Waals surface area contributed by atoms with E-state index in [1.54, 1.807) is 47.4 Å². The Hall–Kier alpha value is -3.09. The van der Waals surface area contributed by atoms with Crippen LogP contribution in [-0.2, 0) is 9.59 Å². The number of hydrogen-bond donors (Lipinski definition) is 1. The van der Waals surface area contributed by atoms with Crippen molar-refractivity contribution in [1.29, 1.82) is 0 Å². The van der Waals surface area contributed by atoms with Crippen molar-refractivity contribution in [1.82, 2.24) is 9.80 Å². The van der Waals surface area contributed by atoms with Crippen molar-refractivity contribution in [2.75, 3.05) is 32.8 Å². The molecule has 0 aromatic heterocycles. The molecule has 2 aromatic carbocycles. The number of carbonyl (C=O) groups is 2. The monoisotopic (exact) mass is 482 g/mol. The Morgan fingerprint density at radius 1 is 1.12 bits per heavy atom. The van der Waals surface area contributed by atoms with Crippen LogP contribution in [0.1, 0.15) is 37.4 Å². The van der Waals surface area contributed by atoms with Gasteiger partial charge in [0.1, 0.15) is 18.1 Å². The van der Waals surface area contributed by atoms with Crippen LogP contribution in [0.4, 0.5) is 0 Å². The fraction of sp³-hybridized carbons (Fsp3) is 0.333. The van der Waals surface area contributed by atoms with E-state index < -0.39 is 17.7 Å². The third kappa shape index (κ3) is 5.69. The summed E-state index contributed by atoms with van der Waals surface area (Å²) >= 11 is 5.98. The van der Waals surface area contributed by atoms with Crippen molar-refractivity contribution in [2.45, 2.75) is 26.3 Å². The number of nitrogens with zero attached hydrogens (tertiary/aromatic N) is 2. The number of halogens is 1. The van der Waals surface area contributed by atoms with Crippen molar-refractivity contribution in [3.63, 3.8) is 0 Å². The average molecular weight is 483 g/mol. The summed E-state index contributed by atoms with van der Waals surface area (Å²) in [6.45, 7) is 11.3. The molecule has 7 heteroatoms. The summed E-state index contributed by atoms with van der Waals surface area (Å²) in [5.74, 6) is -0.850. The number of likely N-dealkylation sites (tertiary alicyclic amines) is 1. The van der Waals surface area contributed by atoms with Crippen molar-refractivity contribution in [3.8, 4) is 5.75 Å². The number of benzene rings is 2. The number of ketones is 1. The molecular weight excluding hydrogens is 452 g/mol. The minimum absolute atomic E-state index is 0.0786. The summed E-state index contributed by atoms with van der Waals surface area (Å²) < 4.78 is 5.57. The van der Waals surface area contributed by atoms with Gasteiger partial charge >= 0.3 is 0 Å². The van der Waals surface area contributed by atoms with Crippen molar-refractivity contribution >= 4 is 29.1 Å². The van der Waals surface area contributed by atoms with Gasteiger partial charge in [-0.3, -0.25) is 9.59 Å². The fourth-order valence-electron chi connectivity index (χ4n) is 4.13. The zero-order chi connectivity index (χ0) is 24.7. The Bertz CT molecular complexity index is 1040. The van der Waals surface area contributed by atoms with Crippen molar-refractivity contribution in [3.05, 3.63) is 82.9 Å². The van der Waals surface area contributed by atoms with E-state index in [2.05, 4.69) is 25.3 Å². The molecule has 0 spiro atoms. The quantitative estimate of drug-likeness (QED) is 0.210. The van der Waals surface area contributed by atoms with Crippen LogP contribution in [0.5, 0.6) is 5.75 Å². The lowest BCUT2D eigenvalue weighted by atomic mass is 9.95. The minimum atomic E-state index is -0.694. The maximum atomic E-state index is 13.1. The molecule has 0 unspecified atom stereocenters. The summed E-state index contributed by atoms with van der Waals surface area (Å²) in [5, 5.41) is 11.6. The Labute approximate surface area is 206 Å². The number of ether oxygens (including phenoxy) is 1. The summed E-state index contributed by atoms with van der Waals surface area (Å²) in [7, 11) is 0. The average Bonchev–Trinajstić information content (AvgIpc) is 3.10. The molecule has 2 aromatic rings. The highest BCUT2D eigenvalue weighted by Gasteiger charge is 2.45. The molecule has 34 heavy (non-hydrogen) atoms. The number of hydrogen-bond acceptors (Lipinski definition) is 5. The van der Waals surface area contributed by atoms with E-state index in [0.29, 0.717) is 35.9 Å². The van der Waals surface area contributed by atoms with Crippen LogP contribution in [0.25, 0.3) is 5.76 Å². The highest BCUT2D eigenvalue weighted by atomic mass is 35.5. The van der Waals surface area contributed by atoms with Gasteiger partial charge in [0.2, 0.25) is 0 Å². The summed E-state index contributed by atoms with van der Waals surface area (Å²) in [5.41, 5.74) is 1.24. The second kappa shape index (κ2) is 11.9. The lowest BCUT2D eigenvalue weighted by Gasteiger charge is -2.27. The van der Waals surface area contributed by atoms with Gasteiger partial charge in [0.05, 0.1) is 11.6 Å². The Kier molecular flexibility index (Phi) is 8.91. The number of Topliss-reactive ketones (excluding diaryl/α,β-unsaturated/α-hetero) is 1. The molecular formula is C27H31ClN2O4. The zero-order valence-corrected chi connectivity index (χ0v) is 20.4. The number of aliphatic hydroxyl groups excluding tert-OH is 1. The molecule has 1 aliphatic rings. The van der Waals surface area contributed by atoms with E-state index in [1.807, 2.05) is 12.1 Å². The van der Waals surface area contributed by atoms with Crippen LogP contribution in [0, 0.1) is 0 Å². The Morgan fingerprint density at radius 3 is 2.35 bits per heavy atom. The van der Waals surface area contributed by atoms with E-state index in [4.69, 9.17) is 16.3 Å². The molecule has 1 atom stereocenters. The van der Waals surface area contributed by atoms with Gasteiger partial charge in [-0.25, -0.2) is 0 Å². The second-order valence-corrected chi connectivity index (χ2v) is 8.48. The van der Waals surface area contributed by atoms with Gasteiger partial charge in [-0.1, -0.05) is 50.2 Å². The van der Waals surface area contributed by atoms with E-state index in [1.165, 1.54) is 0 Å². The molecule has 0 radical (unpaired) electrons. The minimum Gasteiger partial charge on any atom is -0.507 e. The molecule has 0 aliphatic carbocycles. The number of carbonyl (C=O) groups excluding carboxylic acids is 2. The topological polar surface area (TPSA) is 70.1 Å². The Balaban J connectivity index is 2.00. The first-order chi connectivity index (χ1) is 16.4. The van der Waals surface area contributed by atoms with E-state index in [9.17, 15) is 14.7 Å². The SMILES string of the molecule is C=CCOc1ccc([C@@H]2/C(=C(\O)c3ccc(Cl)cc3)C(=O)C(=O)N2CCCN(CC)CC)cc1. The first kappa shape index (κ1) is 25.5. The Morgan fingerprint density at radius 2 is 1.76 bits per heavy atom. The number of rotatable bonds is 11. The highest BCUT2D eigenvalue weighted by Crippen LogP contribution is 2.40. The molecule has 1 heterocycles. The van der Waals surface area contributed by atoms with Crippen LogP contribution in [-0.4, -0.2) is 59.4 Å². The number of aliphatic hydroxyl groups is 1. The normalized spacial score (nSPS) is 17.4. The summed E-state index contributed by atoms with van der Waals surface area (Å²) in [6, 6.07) is 13.1. The number of amides is 1. The van der Waals surface area contributed by atoms with Crippen LogP contribution >= 0.6 is 11.6 Å². The van der Waals surface area contributed by atoms with Gasteiger partial charge in [0.15, 0.2) is 0 Å². The molecule has 6 nitrogen and oxygen atoms in total. The van der Waals surface area contributed by atoms with Gasteiger partial charge in [0, 0.05) is 17.1 Å². The maximum absolute atomic E-state index is 13.1. The smallest absolute Gasteiger partial charge is 0.295 e. The summed E-state index contributed by atoms with van der Waals surface area (Å²) in [6.07, 6.45) is 2.37. The standard InChI is InChI=1S/C27H31ClN2O4/c1-4-18-34-22-14-10-19(11-15-22)24-23(25(31)20-8-12-21(28)13-9-20)26(32)27(33)30(24)17-7-16-29(5-2)6-3/h4,8-15,24,31H,1,5-7,16-18H2,2-3H3/b25-23+/t24-/m1/s1. The van der Waals surface area contributed by atoms with Gasteiger partial charge < -0.3 is 19.6 Å². The zero-order valence-electron chi connectivity index (χ0n) is 19.7. The third-order valence-corrected chi connectivity index (χ3v) is 6.24. The maximum Gasteiger partial charge on any atom is 0.295 e. The largest absolute Gasteiger partial charge is 0.507 e. The van der Waals surface area contributed by atoms with Gasteiger partial charge in [-0.2, -0.15) is 0 Å². The predicted molar refractivity (Wildman–Crippen MR) is 135 cm³/mol. The van der Waals surface area contributed by atoms with Crippen LogP contribution in [0.15, 0.2) is 66.8 Å². The molecule has 0 saturated carbocycles. The van der Waals surface area contributed by atoms with E-state index in [-0.39, 0.29) is 11.3 Å². The molecule has 1 fully saturated rings. The van der Waals surface area contributed by atoms with Gasteiger partial charge in [-0.15, -0.1) is 0 Å². The second-order valence-electron chi connectivity index (χ2n) is 8.05. The fourth-order valence-corrected chi connectivity index (χ4v) is 4.25. The van der Waals surface area contributed by atoms with Gasteiger partial charge in [-0.05, 0) is 68.0 Å². The van der Waals surface area contributed by atoms with Crippen LogP contribution < -0.4 is 4.74 Å². The summed E-state index contributed by atoms with van der Waals surface area (Å²) in [4.78, 5) is 30.0. The van der Waals surface area contributed by atoms with Crippen molar-refractivity contribution in [2.24, 2.45) is 0 Å².